The van der Waals surface area contributed by atoms with Gasteiger partial charge < -0.3 is 14.0 Å². The Labute approximate surface area is 184 Å². The van der Waals surface area contributed by atoms with Crippen LogP contribution in [0.5, 0.6) is 5.75 Å². The number of thiazole rings is 1. The molecule has 30 heavy (non-hydrogen) atoms. The molecule has 8 heteroatoms. The Morgan fingerprint density at radius 3 is 2.60 bits per heavy atom. The normalized spacial score (nSPS) is 10.8. The van der Waals surface area contributed by atoms with Crippen molar-refractivity contribution in [2.45, 2.75) is 31.5 Å². The topological polar surface area (TPSA) is 70.4 Å². The lowest BCUT2D eigenvalue weighted by atomic mass is 10.2. The van der Waals surface area contributed by atoms with Gasteiger partial charge in [-0.1, -0.05) is 11.8 Å². The lowest BCUT2D eigenvalue weighted by Crippen LogP contribution is -2.07. The van der Waals surface area contributed by atoms with Gasteiger partial charge in [-0.15, -0.1) is 11.3 Å². The van der Waals surface area contributed by atoms with E-state index in [0.717, 1.165) is 27.2 Å². The molecule has 0 unspecified atom stereocenters. The number of benzene rings is 1. The number of hydrogen-bond donors (Lipinski definition) is 0. The third-order valence-electron chi connectivity index (χ3n) is 4.55. The van der Waals surface area contributed by atoms with Crippen LogP contribution in [-0.4, -0.2) is 40.8 Å². The zero-order valence-corrected chi connectivity index (χ0v) is 19.1. The van der Waals surface area contributed by atoms with Gasteiger partial charge in [-0.2, -0.15) is 0 Å². The second-order valence-corrected chi connectivity index (χ2v) is 8.70. The Balaban J connectivity index is 1.67. The van der Waals surface area contributed by atoms with Crippen molar-refractivity contribution < 1.29 is 19.1 Å². The number of thioether (sulfide) groups is 1. The first kappa shape index (κ1) is 22.1. The molecular weight excluding hydrogens is 420 g/mol. The van der Waals surface area contributed by atoms with E-state index in [-0.39, 0.29) is 18.2 Å². The van der Waals surface area contributed by atoms with Gasteiger partial charge in [-0.05, 0) is 51.1 Å². The summed E-state index contributed by atoms with van der Waals surface area (Å²) in [5.74, 6) is 0.843. The standard InChI is InChI=1S/C22H24N2O4S2/c1-5-28-21(26)11-16-12-29-22(23-16)30-13-20(25)19-10-14(2)24(15(19)3)17-6-8-18(27-4)9-7-17/h6-10,12H,5,11,13H2,1-4H3. The molecule has 0 saturated carbocycles. The van der Waals surface area contributed by atoms with E-state index in [1.807, 2.05) is 49.6 Å². The third kappa shape index (κ3) is 5.12. The van der Waals surface area contributed by atoms with Crippen LogP contribution in [0.4, 0.5) is 0 Å². The quantitative estimate of drug-likeness (QED) is 0.272. The first-order valence-electron chi connectivity index (χ1n) is 9.52. The Kier molecular flexibility index (Phi) is 7.33. The van der Waals surface area contributed by atoms with Crippen LogP contribution in [0.2, 0.25) is 0 Å². The molecule has 0 N–H and O–H groups in total. The van der Waals surface area contributed by atoms with Gasteiger partial charge in [0, 0.05) is 28.0 Å². The van der Waals surface area contributed by atoms with Crippen LogP contribution in [0.15, 0.2) is 40.1 Å². The van der Waals surface area contributed by atoms with Crippen molar-refractivity contribution in [3.05, 3.63) is 58.4 Å². The molecule has 0 spiro atoms. The smallest absolute Gasteiger partial charge is 0.311 e. The van der Waals surface area contributed by atoms with Gasteiger partial charge in [0.1, 0.15) is 5.75 Å². The minimum Gasteiger partial charge on any atom is -0.497 e. The summed E-state index contributed by atoms with van der Waals surface area (Å²) in [5.41, 5.74) is 4.27. The molecule has 0 atom stereocenters. The van der Waals surface area contributed by atoms with Crippen LogP contribution in [-0.2, 0) is 16.0 Å². The number of Topliss-reactive ketones (excluding diaryl/α,β-unsaturated/α-hetero) is 1. The summed E-state index contributed by atoms with van der Waals surface area (Å²) in [5, 5.41) is 1.83. The predicted octanol–water partition coefficient (Wildman–Crippen LogP) is 4.64. The molecule has 158 valence electrons. The van der Waals surface area contributed by atoms with Crippen LogP contribution in [0, 0.1) is 13.8 Å². The Morgan fingerprint density at radius 1 is 1.20 bits per heavy atom. The number of rotatable bonds is 9. The molecule has 2 heterocycles. The number of hydrogen-bond acceptors (Lipinski definition) is 7. The van der Waals surface area contributed by atoms with Gasteiger partial charge in [-0.25, -0.2) is 4.98 Å². The fourth-order valence-corrected chi connectivity index (χ4v) is 4.90. The van der Waals surface area contributed by atoms with Crippen LogP contribution in [0.25, 0.3) is 5.69 Å². The second-order valence-electron chi connectivity index (χ2n) is 6.62. The van der Waals surface area contributed by atoms with Crippen molar-refractivity contribution in [1.29, 1.82) is 0 Å². The van der Waals surface area contributed by atoms with E-state index in [1.54, 1.807) is 14.0 Å². The first-order valence-corrected chi connectivity index (χ1v) is 11.4. The summed E-state index contributed by atoms with van der Waals surface area (Å²) in [6, 6.07) is 9.69. The molecule has 0 aliphatic heterocycles. The lowest BCUT2D eigenvalue weighted by molar-refractivity contribution is -0.142. The van der Waals surface area contributed by atoms with E-state index in [0.29, 0.717) is 23.6 Å². The molecule has 0 saturated heterocycles. The summed E-state index contributed by atoms with van der Waals surface area (Å²) >= 11 is 2.82. The Hall–Kier alpha value is -2.58. The van der Waals surface area contributed by atoms with Gasteiger partial charge in [-0.3, -0.25) is 9.59 Å². The van der Waals surface area contributed by atoms with E-state index in [1.165, 1.54) is 23.1 Å². The maximum Gasteiger partial charge on any atom is 0.311 e. The number of aryl methyl sites for hydroxylation is 1. The number of carbonyl (C=O) groups is 2. The molecule has 0 radical (unpaired) electrons. The van der Waals surface area contributed by atoms with Crippen molar-refractivity contribution in [2.75, 3.05) is 19.5 Å². The van der Waals surface area contributed by atoms with E-state index < -0.39 is 0 Å². The van der Waals surface area contributed by atoms with Crippen molar-refractivity contribution in [1.82, 2.24) is 9.55 Å². The number of aromatic nitrogens is 2. The summed E-state index contributed by atoms with van der Waals surface area (Å²) in [7, 11) is 1.64. The van der Waals surface area contributed by atoms with Crippen molar-refractivity contribution in [3.63, 3.8) is 0 Å². The molecular formula is C22H24N2O4S2. The van der Waals surface area contributed by atoms with E-state index in [2.05, 4.69) is 9.55 Å². The maximum atomic E-state index is 12.9. The Morgan fingerprint density at radius 2 is 1.93 bits per heavy atom. The van der Waals surface area contributed by atoms with E-state index in [4.69, 9.17) is 9.47 Å². The van der Waals surface area contributed by atoms with Crippen LogP contribution < -0.4 is 4.74 Å². The molecule has 0 aliphatic carbocycles. The van der Waals surface area contributed by atoms with E-state index in [9.17, 15) is 9.59 Å². The van der Waals surface area contributed by atoms with Crippen molar-refractivity contribution >= 4 is 34.9 Å². The summed E-state index contributed by atoms with van der Waals surface area (Å²) in [4.78, 5) is 28.8. The highest BCUT2D eigenvalue weighted by molar-refractivity contribution is 8.01. The summed E-state index contributed by atoms with van der Waals surface area (Å²) in [6.45, 7) is 6.07. The average Bonchev–Trinajstić information content (AvgIpc) is 3.30. The molecule has 0 aliphatic rings. The third-order valence-corrected chi connectivity index (χ3v) is 6.62. The largest absolute Gasteiger partial charge is 0.497 e. The highest BCUT2D eigenvalue weighted by Gasteiger charge is 2.18. The van der Waals surface area contributed by atoms with Crippen LogP contribution >= 0.6 is 23.1 Å². The van der Waals surface area contributed by atoms with Gasteiger partial charge in [0.2, 0.25) is 0 Å². The lowest BCUT2D eigenvalue weighted by Gasteiger charge is -2.10. The molecule has 2 aromatic heterocycles. The first-order chi connectivity index (χ1) is 14.4. The van der Waals surface area contributed by atoms with Gasteiger partial charge >= 0.3 is 5.97 Å². The molecule has 6 nitrogen and oxygen atoms in total. The second kappa shape index (κ2) is 9.95. The summed E-state index contributed by atoms with van der Waals surface area (Å²) in [6.07, 6.45) is 0.155. The van der Waals surface area contributed by atoms with Gasteiger partial charge in [0.15, 0.2) is 10.1 Å². The highest BCUT2D eigenvalue weighted by atomic mass is 32.2. The molecule has 0 bridgehead atoms. The number of nitrogens with zero attached hydrogens (tertiary/aromatic N) is 2. The predicted molar refractivity (Wildman–Crippen MR) is 119 cm³/mol. The van der Waals surface area contributed by atoms with Gasteiger partial charge in [0.05, 0.1) is 31.6 Å². The minimum absolute atomic E-state index is 0.0509. The number of ketones is 1. The molecule has 0 amide bonds. The fourth-order valence-electron chi connectivity index (χ4n) is 3.17. The highest BCUT2D eigenvalue weighted by Crippen LogP contribution is 2.27. The van der Waals surface area contributed by atoms with E-state index >= 15 is 0 Å². The van der Waals surface area contributed by atoms with Crippen LogP contribution in [0.1, 0.15) is 34.4 Å². The summed E-state index contributed by atoms with van der Waals surface area (Å²) < 4.78 is 13.0. The molecule has 3 aromatic rings. The SMILES string of the molecule is CCOC(=O)Cc1csc(SCC(=O)c2cc(C)n(-c3ccc(OC)cc3)c2C)n1. The Bertz CT molecular complexity index is 1040. The monoisotopic (exact) mass is 444 g/mol. The maximum absolute atomic E-state index is 12.9. The molecule has 1 aromatic carbocycles. The minimum atomic E-state index is -0.290. The zero-order chi connectivity index (χ0) is 21.7. The number of ether oxygens (including phenoxy) is 2. The van der Waals surface area contributed by atoms with Crippen molar-refractivity contribution in [2.24, 2.45) is 0 Å². The molecule has 0 fully saturated rings. The number of carbonyl (C=O) groups excluding carboxylic acids is 2. The number of esters is 1. The van der Waals surface area contributed by atoms with Crippen molar-refractivity contribution in [3.8, 4) is 11.4 Å². The molecule has 3 rings (SSSR count). The van der Waals surface area contributed by atoms with Gasteiger partial charge in [0.25, 0.3) is 0 Å². The zero-order valence-electron chi connectivity index (χ0n) is 17.4. The van der Waals surface area contributed by atoms with Crippen LogP contribution in [0.3, 0.4) is 0 Å². The fraction of sp³-hybridized carbons (Fsp3) is 0.318. The average molecular weight is 445 g/mol. The number of methoxy groups -OCH3 is 1.